The van der Waals surface area contributed by atoms with E-state index in [9.17, 15) is 4.21 Å². The Morgan fingerprint density at radius 1 is 1.44 bits per heavy atom. The molecule has 1 aliphatic rings. The molecule has 96 valence electrons. The van der Waals surface area contributed by atoms with E-state index in [1.54, 1.807) is 12.1 Å². The van der Waals surface area contributed by atoms with Gasteiger partial charge in [-0.2, -0.15) is 5.26 Å². The second-order valence-electron chi connectivity index (χ2n) is 4.42. The van der Waals surface area contributed by atoms with Gasteiger partial charge >= 0.3 is 0 Å². The Morgan fingerprint density at radius 3 is 2.78 bits per heavy atom. The third-order valence-corrected chi connectivity index (χ3v) is 4.89. The SMILES string of the molecule is N#Cc1ccc(CNC2CCS(=O)CC2)c(Cl)c1. The first kappa shape index (κ1) is 13.5. The highest BCUT2D eigenvalue weighted by Gasteiger charge is 2.17. The van der Waals surface area contributed by atoms with E-state index in [0.717, 1.165) is 29.9 Å². The molecule has 0 amide bonds. The van der Waals surface area contributed by atoms with Gasteiger partial charge in [-0.15, -0.1) is 0 Å². The summed E-state index contributed by atoms with van der Waals surface area (Å²) < 4.78 is 11.2. The lowest BCUT2D eigenvalue weighted by molar-refractivity contribution is 0.475. The number of nitriles is 1. The second-order valence-corrected chi connectivity index (χ2v) is 6.52. The number of nitrogens with zero attached hydrogens (tertiary/aromatic N) is 1. The normalized spacial score (nSPS) is 23.6. The average Bonchev–Trinajstić information content (AvgIpc) is 2.39. The van der Waals surface area contributed by atoms with Gasteiger partial charge in [-0.3, -0.25) is 4.21 Å². The molecular formula is C13H15ClN2OS. The van der Waals surface area contributed by atoms with E-state index >= 15 is 0 Å². The number of benzene rings is 1. The third-order valence-electron chi connectivity index (χ3n) is 3.15. The van der Waals surface area contributed by atoms with Gasteiger partial charge < -0.3 is 5.32 Å². The topological polar surface area (TPSA) is 52.9 Å². The van der Waals surface area contributed by atoms with Crippen LogP contribution in [-0.2, 0) is 17.3 Å². The molecule has 3 nitrogen and oxygen atoms in total. The van der Waals surface area contributed by atoms with Gasteiger partial charge in [0.25, 0.3) is 0 Å². The Kier molecular flexibility index (Phi) is 4.76. The monoisotopic (exact) mass is 282 g/mol. The maximum Gasteiger partial charge on any atom is 0.0992 e. The molecular weight excluding hydrogens is 268 g/mol. The van der Waals surface area contributed by atoms with Crippen molar-refractivity contribution in [3.8, 4) is 6.07 Å². The van der Waals surface area contributed by atoms with Crippen LogP contribution in [0, 0.1) is 11.3 Å². The maximum atomic E-state index is 11.2. The zero-order valence-electron chi connectivity index (χ0n) is 9.99. The molecule has 5 heteroatoms. The van der Waals surface area contributed by atoms with Gasteiger partial charge in [0.2, 0.25) is 0 Å². The fourth-order valence-electron chi connectivity index (χ4n) is 2.01. The minimum absolute atomic E-state index is 0.425. The van der Waals surface area contributed by atoms with Gasteiger partial charge in [-0.05, 0) is 30.5 Å². The van der Waals surface area contributed by atoms with Crippen molar-refractivity contribution in [2.75, 3.05) is 11.5 Å². The molecule has 18 heavy (non-hydrogen) atoms. The van der Waals surface area contributed by atoms with Gasteiger partial charge in [0.15, 0.2) is 0 Å². The summed E-state index contributed by atoms with van der Waals surface area (Å²) in [6.07, 6.45) is 1.92. The molecule has 1 aromatic carbocycles. The predicted octanol–water partition coefficient (Wildman–Crippen LogP) is 2.21. The first-order valence-electron chi connectivity index (χ1n) is 5.96. The first-order chi connectivity index (χ1) is 8.69. The Hall–Kier alpha value is -0.890. The van der Waals surface area contributed by atoms with Crippen LogP contribution in [0.25, 0.3) is 0 Å². The highest BCUT2D eigenvalue weighted by Crippen LogP contribution is 2.18. The number of hydrogen-bond acceptors (Lipinski definition) is 3. The fraction of sp³-hybridized carbons (Fsp3) is 0.462. The smallest absolute Gasteiger partial charge is 0.0992 e. The van der Waals surface area contributed by atoms with Crippen LogP contribution in [-0.4, -0.2) is 21.8 Å². The summed E-state index contributed by atoms with van der Waals surface area (Å²) in [5.74, 6) is 1.58. The van der Waals surface area contributed by atoms with Crippen LogP contribution in [0.5, 0.6) is 0 Å². The highest BCUT2D eigenvalue weighted by atomic mass is 35.5. The lowest BCUT2D eigenvalue weighted by Crippen LogP contribution is -2.35. The molecule has 1 aromatic rings. The number of hydrogen-bond donors (Lipinski definition) is 1. The van der Waals surface area contributed by atoms with Crippen molar-refractivity contribution in [1.82, 2.24) is 5.32 Å². The summed E-state index contributed by atoms with van der Waals surface area (Å²) >= 11 is 6.11. The Labute approximate surface area is 115 Å². The van der Waals surface area contributed by atoms with Crippen LogP contribution in [0.1, 0.15) is 24.0 Å². The summed E-state index contributed by atoms with van der Waals surface area (Å²) in [5.41, 5.74) is 1.58. The number of nitrogens with one attached hydrogen (secondary N) is 1. The summed E-state index contributed by atoms with van der Waals surface area (Å²) in [5, 5.41) is 12.8. The van der Waals surface area contributed by atoms with E-state index in [2.05, 4.69) is 11.4 Å². The largest absolute Gasteiger partial charge is 0.310 e. The summed E-state index contributed by atoms with van der Waals surface area (Å²) in [6.45, 7) is 0.696. The minimum Gasteiger partial charge on any atom is -0.310 e. The maximum absolute atomic E-state index is 11.2. The molecule has 1 aliphatic heterocycles. The van der Waals surface area contributed by atoms with Gasteiger partial charge in [-0.25, -0.2) is 0 Å². The van der Waals surface area contributed by atoms with Crippen molar-refractivity contribution in [3.05, 3.63) is 34.3 Å². The Balaban J connectivity index is 1.90. The second kappa shape index (κ2) is 6.33. The number of rotatable bonds is 3. The zero-order valence-corrected chi connectivity index (χ0v) is 11.6. The van der Waals surface area contributed by atoms with Gasteiger partial charge in [0.1, 0.15) is 0 Å². The van der Waals surface area contributed by atoms with Crippen LogP contribution < -0.4 is 5.32 Å². The molecule has 2 rings (SSSR count). The minimum atomic E-state index is -0.620. The van der Waals surface area contributed by atoms with Crippen molar-refractivity contribution in [3.63, 3.8) is 0 Å². The summed E-state index contributed by atoms with van der Waals surface area (Å²) in [4.78, 5) is 0. The highest BCUT2D eigenvalue weighted by molar-refractivity contribution is 7.85. The predicted molar refractivity (Wildman–Crippen MR) is 73.9 cm³/mol. The van der Waals surface area contributed by atoms with Crippen molar-refractivity contribution < 1.29 is 4.21 Å². The van der Waals surface area contributed by atoms with Gasteiger partial charge in [-0.1, -0.05) is 17.7 Å². The zero-order chi connectivity index (χ0) is 13.0. The van der Waals surface area contributed by atoms with Crippen LogP contribution in [0.15, 0.2) is 18.2 Å². The molecule has 1 N–H and O–H groups in total. The van der Waals surface area contributed by atoms with Crippen LogP contribution >= 0.6 is 11.6 Å². The Bertz CT molecular complexity index is 488. The van der Waals surface area contributed by atoms with Crippen LogP contribution in [0.2, 0.25) is 5.02 Å². The molecule has 0 atom stereocenters. The van der Waals surface area contributed by atoms with Crippen LogP contribution in [0.4, 0.5) is 0 Å². The lowest BCUT2D eigenvalue weighted by Gasteiger charge is -2.22. The van der Waals surface area contributed by atoms with Crippen molar-refractivity contribution >= 4 is 22.4 Å². The molecule has 0 aliphatic carbocycles. The standard InChI is InChI=1S/C13H15ClN2OS/c14-13-7-10(8-15)1-2-11(13)9-16-12-3-5-18(17)6-4-12/h1-2,7,12,16H,3-6,9H2. The molecule has 1 saturated heterocycles. The molecule has 0 bridgehead atoms. The van der Waals surface area contributed by atoms with Crippen molar-refractivity contribution in [1.29, 1.82) is 5.26 Å². The van der Waals surface area contributed by atoms with E-state index in [1.807, 2.05) is 6.07 Å². The number of halogens is 1. The summed E-state index contributed by atoms with van der Waals surface area (Å²) in [7, 11) is -0.620. The first-order valence-corrected chi connectivity index (χ1v) is 7.82. The lowest BCUT2D eigenvalue weighted by atomic mass is 10.1. The molecule has 0 aromatic heterocycles. The Morgan fingerprint density at radius 2 is 2.17 bits per heavy atom. The van der Waals surface area contributed by atoms with Gasteiger partial charge in [0.05, 0.1) is 11.6 Å². The molecule has 1 fully saturated rings. The van der Waals surface area contributed by atoms with Crippen molar-refractivity contribution in [2.24, 2.45) is 0 Å². The van der Waals surface area contributed by atoms with E-state index < -0.39 is 10.8 Å². The molecule has 1 heterocycles. The van der Waals surface area contributed by atoms with E-state index in [4.69, 9.17) is 16.9 Å². The fourth-order valence-corrected chi connectivity index (χ4v) is 3.56. The van der Waals surface area contributed by atoms with E-state index in [-0.39, 0.29) is 0 Å². The molecule has 0 radical (unpaired) electrons. The average molecular weight is 283 g/mol. The van der Waals surface area contributed by atoms with Crippen molar-refractivity contribution in [2.45, 2.75) is 25.4 Å². The molecule has 0 unspecified atom stereocenters. The van der Waals surface area contributed by atoms with E-state index in [1.165, 1.54) is 0 Å². The van der Waals surface area contributed by atoms with Gasteiger partial charge in [0, 0.05) is 39.9 Å². The third kappa shape index (κ3) is 3.55. The molecule has 0 saturated carbocycles. The quantitative estimate of drug-likeness (QED) is 0.925. The summed E-state index contributed by atoms with van der Waals surface area (Å²) in [6, 6.07) is 7.84. The molecule has 0 spiro atoms. The van der Waals surface area contributed by atoms with E-state index in [0.29, 0.717) is 23.2 Å². The van der Waals surface area contributed by atoms with Crippen LogP contribution in [0.3, 0.4) is 0 Å².